The van der Waals surface area contributed by atoms with E-state index in [4.69, 9.17) is 10.7 Å². The minimum absolute atomic E-state index is 0.0954. The van der Waals surface area contributed by atoms with Crippen molar-refractivity contribution < 1.29 is 40.0 Å². The summed E-state index contributed by atoms with van der Waals surface area (Å²) in [5.41, 5.74) is -3.36. The Morgan fingerprint density at radius 3 is 2.24 bits per heavy atom. The second-order valence-corrected chi connectivity index (χ2v) is 5.73. The van der Waals surface area contributed by atoms with E-state index in [0.29, 0.717) is 0 Å². The summed E-state index contributed by atoms with van der Waals surface area (Å²) in [6.45, 7) is 0. The number of hydrogen-bond acceptors (Lipinski definition) is 6. The highest BCUT2D eigenvalue weighted by Crippen LogP contribution is 2.38. The summed E-state index contributed by atoms with van der Waals surface area (Å²) in [6, 6.07) is -0.0954. The maximum Gasteiger partial charge on any atom is 0.574 e. The average molecular weight is 357 g/mol. The molecule has 0 bridgehead atoms. The van der Waals surface area contributed by atoms with Crippen LogP contribution in [0.4, 0.5) is 27.6 Å². The van der Waals surface area contributed by atoms with E-state index in [1.165, 1.54) is 0 Å². The van der Waals surface area contributed by atoms with E-state index in [1.807, 2.05) is 0 Å². The number of halogens is 6. The van der Waals surface area contributed by atoms with Crippen molar-refractivity contribution in [1.29, 1.82) is 0 Å². The molecule has 21 heavy (non-hydrogen) atoms. The Morgan fingerprint density at radius 2 is 1.90 bits per heavy atom. The van der Waals surface area contributed by atoms with Crippen molar-refractivity contribution in [3.8, 4) is 5.88 Å². The third kappa shape index (κ3) is 4.35. The molecule has 0 amide bonds. The van der Waals surface area contributed by atoms with Crippen molar-refractivity contribution in [2.24, 2.45) is 0 Å². The summed E-state index contributed by atoms with van der Waals surface area (Å²) >= 11 is 0. The first kappa shape index (κ1) is 17.3. The van der Waals surface area contributed by atoms with Crippen molar-refractivity contribution >= 4 is 25.4 Å². The second kappa shape index (κ2) is 5.55. The molecule has 14 heteroatoms. The van der Waals surface area contributed by atoms with Gasteiger partial charge in [-0.25, -0.2) is 17.2 Å². The molecule has 0 unspecified atom stereocenters. The standard InChI is InChI=1S/C7H2ClF5N2O5S/c8-21(18,19)6-4(15(16)17)2(5(9)10)1-3(14-6)20-7(11,12)13/h1,5H. The molecule has 7 nitrogen and oxygen atoms in total. The number of nitrogens with zero attached hydrogens (tertiary/aromatic N) is 2. The summed E-state index contributed by atoms with van der Waals surface area (Å²) in [4.78, 5) is 11.7. The molecule has 0 saturated carbocycles. The van der Waals surface area contributed by atoms with Crippen LogP contribution in [-0.4, -0.2) is 24.7 Å². The molecule has 118 valence electrons. The lowest BCUT2D eigenvalue weighted by molar-refractivity contribution is -0.389. The lowest BCUT2D eigenvalue weighted by atomic mass is 10.2. The lowest BCUT2D eigenvalue weighted by Gasteiger charge is -2.11. The fraction of sp³-hybridized carbons (Fsp3) is 0.286. The molecule has 0 spiro atoms. The Labute approximate surface area is 116 Å². The van der Waals surface area contributed by atoms with Crippen LogP contribution >= 0.6 is 10.7 Å². The van der Waals surface area contributed by atoms with Crippen LogP contribution in [0, 0.1) is 10.1 Å². The van der Waals surface area contributed by atoms with Crippen LogP contribution in [0.1, 0.15) is 12.0 Å². The highest BCUT2D eigenvalue weighted by atomic mass is 35.7. The van der Waals surface area contributed by atoms with E-state index in [9.17, 15) is 40.5 Å². The van der Waals surface area contributed by atoms with Crippen LogP contribution in [0.25, 0.3) is 0 Å². The number of nitro groups is 1. The van der Waals surface area contributed by atoms with Gasteiger partial charge in [-0.2, -0.15) is 4.98 Å². The summed E-state index contributed by atoms with van der Waals surface area (Å²) in [7, 11) is -0.323. The van der Waals surface area contributed by atoms with Gasteiger partial charge in [-0.15, -0.1) is 13.2 Å². The Bertz CT molecular complexity index is 677. The number of alkyl halides is 5. The first-order valence-corrected chi connectivity index (χ1v) is 6.81. The fourth-order valence-corrected chi connectivity index (χ4v) is 2.15. The van der Waals surface area contributed by atoms with Gasteiger partial charge in [0.2, 0.25) is 5.88 Å². The number of pyridine rings is 1. The van der Waals surface area contributed by atoms with Gasteiger partial charge in [-0.1, -0.05) is 0 Å². The van der Waals surface area contributed by atoms with Gasteiger partial charge in [-0.3, -0.25) is 10.1 Å². The fourth-order valence-electron chi connectivity index (χ4n) is 1.20. The monoisotopic (exact) mass is 356 g/mol. The molecule has 0 radical (unpaired) electrons. The Hall–Kier alpha value is -1.76. The van der Waals surface area contributed by atoms with Gasteiger partial charge in [0.1, 0.15) is 5.56 Å². The zero-order chi connectivity index (χ0) is 16.6. The molecule has 1 rings (SSSR count). The predicted octanol–water partition coefficient (Wildman–Crippen LogP) is 2.75. The quantitative estimate of drug-likeness (QED) is 0.356. The molecule has 0 aliphatic carbocycles. The molecule has 1 aromatic rings. The Kier molecular flexibility index (Phi) is 4.57. The Morgan fingerprint density at radius 1 is 1.38 bits per heavy atom. The van der Waals surface area contributed by atoms with E-state index < -0.39 is 48.9 Å². The van der Waals surface area contributed by atoms with Crippen LogP contribution in [0.3, 0.4) is 0 Å². The van der Waals surface area contributed by atoms with Crippen molar-refractivity contribution in [2.75, 3.05) is 0 Å². The van der Waals surface area contributed by atoms with Crippen LogP contribution in [0.5, 0.6) is 5.88 Å². The number of aromatic nitrogens is 1. The highest BCUT2D eigenvalue weighted by molar-refractivity contribution is 8.13. The predicted molar refractivity (Wildman–Crippen MR) is 55.6 cm³/mol. The number of ether oxygens (including phenoxy) is 1. The maximum absolute atomic E-state index is 12.7. The summed E-state index contributed by atoms with van der Waals surface area (Å²) < 4.78 is 86.6. The molecule has 0 saturated heterocycles. The molecule has 0 aliphatic heterocycles. The van der Waals surface area contributed by atoms with Crippen LogP contribution in [0.2, 0.25) is 0 Å². The van der Waals surface area contributed by atoms with Gasteiger partial charge in [0, 0.05) is 16.7 Å². The molecule has 0 fully saturated rings. The van der Waals surface area contributed by atoms with Crippen molar-refractivity contribution in [2.45, 2.75) is 17.8 Å². The molecular formula is C7H2ClF5N2O5S. The van der Waals surface area contributed by atoms with Gasteiger partial charge in [-0.05, 0) is 0 Å². The van der Waals surface area contributed by atoms with Gasteiger partial charge >= 0.3 is 12.0 Å². The molecule has 0 aliphatic rings. The van der Waals surface area contributed by atoms with E-state index in [-0.39, 0.29) is 6.07 Å². The first-order valence-electron chi connectivity index (χ1n) is 4.51. The van der Waals surface area contributed by atoms with Gasteiger partial charge in [0.25, 0.3) is 20.5 Å². The summed E-state index contributed by atoms with van der Waals surface area (Å²) in [5, 5.41) is 8.86. The minimum atomic E-state index is -5.38. The zero-order valence-electron chi connectivity index (χ0n) is 9.27. The van der Waals surface area contributed by atoms with Gasteiger partial charge in [0.05, 0.1) is 4.92 Å². The third-order valence-electron chi connectivity index (χ3n) is 1.84. The van der Waals surface area contributed by atoms with E-state index in [2.05, 4.69) is 9.72 Å². The van der Waals surface area contributed by atoms with Crippen LogP contribution in [-0.2, 0) is 9.05 Å². The third-order valence-corrected chi connectivity index (χ3v) is 3.02. The van der Waals surface area contributed by atoms with Crippen LogP contribution in [0.15, 0.2) is 11.1 Å². The van der Waals surface area contributed by atoms with E-state index in [0.717, 1.165) is 0 Å². The summed E-state index contributed by atoms with van der Waals surface area (Å²) in [5.74, 6) is -1.62. The largest absolute Gasteiger partial charge is 0.574 e. The highest BCUT2D eigenvalue weighted by Gasteiger charge is 2.38. The SMILES string of the molecule is O=[N+]([O-])c1c(C(F)F)cc(OC(F)(F)F)nc1S(=O)(=O)Cl. The van der Waals surface area contributed by atoms with E-state index in [1.54, 1.807) is 0 Å². The molecule has 0 atom stereocenters. The molecular weight excluding hydrogens is 355 g/mol. The summed E-state index contributed by atoms with van der Waals surface area (Å²) in [6.07, 6.45) is -9.04. The van der Waals surface area contributed by atoms with Gasteiger partial charge < -0.3 is 4.74 Å². The molecule has 0 aromatic carbocycles. The van der Waals surface area contributed by atoms with Crippen molar-refractivity contribution in [3.63, 3.8) is 0 Å². The number of hydrogen-bond donors (Lipinski definition) is 0. The van der Waals surface area contributed by atoms with Crippen molar-refractivity contribution in [3.05, 3.63) is 21.7 Å². The van der Waals surface area contributed by atoms with Crippen LogP contribution < -0.4 is 4.74 Å². The van der Waals surface area contributed by atoms with Gasteiger partial charge in [0.15, 0.2) is 0 Å². The first-order chi connectivity index (χ1) is 9.33. The molecule has 1 heterocycles. The van der Waals surface area contributed by atoms with Crippen molar-refractivity contribution in [1.82, 2.24) is 4.98 Å². The molecule has 1 aromatic heterocycles. The maximum atomic E-state index is 12.7. The number of rotatable bonds is 4. The average Bonchev–Trinajstić information content (AvgIpc) is 2.23. The zero-order valence-corrected chi connectivity index (χ0v) is 10.8. The molecule has 0 N–H and O–H groups in total. The smallest absolute Gasteiger partial charge is 0.388 e. The topological polar surface area (TPSA) is 99.4 Å². The minimum Gasteiger partial charge on any atom is -0.388 e. The second-order valence-electron chi connectivity index (χ2n) is 3.25. The lowest BCUT2D eigenvalue weighted by Crippen LogP contribution is -2.19. The van der Waals surface area contributed by atoms with E-state index >= 15 is 0 Å². The Balaban J connectivity index is 3.70. The normalized spacial score (nSPS) is 12.5.